The summed E-state index contributed by atoms with van der Waals surface area (Å²) < 4.78 is 0. The lowest BCUT2D eigenvalue weighted by Gasteiger charge is -2.26. The van der Waals surface area contributed by atoms with E-state index in [2.05, 4.69) is 54.3 Å². The number of urea groups is 1. The number of aryl methyl sites for hydroxylation is 1. The Morgan fingerprint density at radius 2 is 2.07 bits per heavy atom. The first kappa shape index (κ1) is 17.6. The van der Waals surface area contributed by atoms with E-state index in [9.17, 15) is 4.79 Å². The minimum Gasteiger partial charge on any atom is -0.342 e. The van der Waals surface area contributed by atoms with Crippen LogP contribution in [0.15, 0.2) is 42.5 Å². The summed E-state index contributed by atoms with van der Waals surface area (Å²) in [7, 11) is 0. The van der Waals surface area contributed by atoms with Crippen LogP contribution in [0.2, 0.25) is 0 Å². The van der Waals surface area contributed by atoms with Gasteiger partial charge in [-0.1, -0.05) is 38.1 Å². The molecule has 1 aromatic heterocycles. The quantitative estimate of drug-likeness (QED) is 0.658. The number of aromatic amines is 1. The number of aromatic nitrogens is 2. The molecule has 2 amide bonds. The predicted molar refractivity (Wildman–Crippen MR) is 109 cm³/mol. The van der Waals surface area contributed by atoms with Gasteiger partial charge in [0.1, 0.15) is 5.82 Å². The predicted octanol–water partition coefficient (Wildman–Crippen LogP) is 5.36. The van der Waals surface area contributed by atoms with Crippen LogP contribution in [-0.2, 0) is 0 Å². The molecule has 4 rings (SSSR count). The molecule has 0 unspecified atom stereocenters. The maximum absolute atomic E-state index is 12.9. The molecule has 27 heavy (non-hydrogen) atoms. The largest absolute Gasteiger partial charge is 0.342 e. The lowest BCUT2D eigenvalue weighted by molar-refractivity contribution is 0.207. The molecule has 1 atom stereocenters. The average molecular weight is 362 g/mol. The molecule has 2 N–H and O–H groups in total. The molecular weight excluding hydrogens is 336 g/mol. The van der Waals surface area contributed by atoms with E-state index in [1.807, 2.05) is 29.2 Å². The van der Waals surface area contributed by atoms with E-state index in [1.54, 1.807) is 0 Å². The molecule has 1 aliphatic rings. The van der Waals surface area contributed by atoms with Crippen LogP contribution < -0.4 is 5.32 Å². The number of hydrogen-bond acceptors (Lipinski definition) is 2. The van der Waals surface area contributed by atoms with E-state index in [-0.39, 0.29) is 12.1 Å². The van der Waals surface area contributed by atoms with Crippen molar-refractivity contribution >= 4 is 22.8 Å². The van der Waals surface area contributed by atoms with Gasteiger partial charge >= 0.3 is 6.03 Å². The van der Waals surface area contributed by atoms with Crippen LogP contribution in [0.1, 0.15) is 55.6 Å². The van der Waals surface area contributed by atoms with Gasteiger partial charge in [0, 0.05) is 18.2 Å². The minimum absolute atomic E-state index is 0.0382. The van der Waals surface area contributed by atoms with Gasteiger partial charge in [-0.15, -0.1) is 0 Å². The highest BCUT2D eigenvalue weighted by molar-refractivity contribution is 5.92. The Balaban J connectivity index is 1.54. The number of fused-ring (bicyclic) bond motifs is 1. The van der Waals surface area contributed by atoms with Gasteiger partial charge in [0.05, 0.1) is 17.1 Å². The summed E-state index contributed by atoms with van der Waals surface area (Å²) in [6.45, 7) is 7.12. The van der Waals surface area contributed by atoms with Crippen LogP contribution in [0, 0.1) is 6.92 Å². The van der Waals surface area contributed by atoms with Crippen LogP contribution in [0.25, 0.3) is 11.0 Å². The van der Waals surface area contributed by atoms with Gasteiger partial charge in [0.25, 0.3) is 0 Å². The topological polar surface area (TPSA) is 61.0 Å². The van der Waals surface area contributed by atoms with Gasteiger partial charge in [-0.25, -0.2) is 9.78 Å². The number of nitrogens with zero attached hydrogens (tertiary/aromatic N) is 2. The Bertz CT molecular complexity index is 975. The first-order chi connectivity index (χ1) is 13.0. The third-order valence-corrected chi connectivity index (χ3v) is 5.36. The van der Waals surface area contributed by atoms with Gasteiger partial charge in [0.15, 0.2) is 0 Å². The van der Waals surface area contributed by atoms with Crippen LogP contribution in [0.5, 0.6) is 0 Å². The maximum atomic E-state index is 12.9. The van der Waals surface area contributed by atoms with E-state index in [1.165, 1.54) is 11.1 Å². The SMILES string of the molecule is Cc1ccccc1[C@H]1CCCN1C(=O)Nc1ccc2nc(C(C)C)[nH]c2c1. The summed E-state index contributed by atoms with van der Waals surface area (Å²) >= 11 is 0. The number of nitrogens with one attached hydrogen (secondary N) is 2. The Hall–Kier alpha value is -2.82. The van der Waals surface area contributed by atoms with Crippen LogP contribution in [0.3, 0.4) is 0 Å². The van der Waals surface area contributed by atoms with Crippen molar-refractivity contribution in [2.45, 2.75) is 45.6 Å². The third kappa shape index (κ3) is 3.42. The maximum Gasteiger partial charge on any atom is 0.322 e. The second-order valence-electron chi connectivity index (χ2n) is 7.65. The fourth-order valence-electron chi connectivity index (χ4n) is 3.87. The minimum atomic E-state index is -0.0382. The van der Waals surface area contributed by atoms with Crippen molar-refractivity contribution in [1.29, 1.82) is 0 Å². The lowest BCUT2D eigenvalue weighted by Crippen LogP contribution is -2.34. The Morgan fingerprint density at radius 1 is 1.26 bits per heavy atom. The molecule has 2 aromatic carbocycles. The first-order valence-electron chi connectivity index (χ1n) is 9.66. The number of carbonyl (C=O) groups is 1. The van der Waals surface area contributed by atoms with Crippen molar-refractivity contribution in [3.63, 3.8) is 0 Å². The number of amides is 2. The van der Waals surface area contributed by atoms with E-state index >= 15 is 0 Å². The molecule has 5 heteroatoms. The molecule has 2 heterocycles. The van der Waals surface area contributed by atoms with Gasteiger partial charge in [0.2, 0.25) is 0 Å². The fourth-order valence-corrected chi connectivity index (χ4v) is 3.87. The first-order valence-corrected chi connectivity index (χ1v) is 9.66. The van der Waals surface area contributed by atoms with Gasteiger partial charge in [-0.05, 0) is 49.1 Å². The number of imidazole rings is 1. The Labute approximate surface area is 159 Å². The Morgan fingerprint density at radius 3 is 2.85 bits per heavy atom. The van der Waals surface area contributed by atoms with Crippen molar-refractivity contribution < 1.29 is 4.79 Å². The highest BCUT2D eigenvalue weighted by Gasteiger charge is 2.30. The molecule has 0 radical (unpaired) electrons. The summed E-state index contributed by atoms with van der Waals surface area (Å²) in [5.74, 6) is 1.31. The van der Waals surface area contributed by atoms with Gasteiger partial charge in [-0.2, -0.15) is 0 Å². The van der Waals surface area contributed by atoms with Crippen molar-refractivity contribution in [3.05, 3.63) is 59.4 Å². The number of hydrogen-bond donors (Lipinski definition) is 2. The average Bonchev–Trinajstić information content (AvgIpc) is 3.28. The molecule has 0 aliphatic carbocycles. The molecule has 1 fully saturated rings. The molecule has 1 saturated heterocycles. The van der Waals surface area contributed by atoms with Gasteiger partial charge < -0.3 is 15.2 Å². The zero-order valence-electron chi connectivity index (χ0n) is 16.1. The molecule has 0 bridgehead atoms. The highest BCUT2D eigenvalue weighted by Crippen LogP contribution is 2.34. The summed E-state index contributed by atoms with van der Waals surface area (Å²) in [6, 6.07) is 14.3. The monoisotopic (exact) mass is 362 g/mol. The van der Waals surface area contributed by atoms with E-state index in [0.29, 0.717) is 5.92 Å². The third-order valence-electron chi connectivity index (χ3n) is 5.36. The molecule has 3 aromatic rings. The van der Waals surface area contributed by atoms with Crippen molar-refractivity contribution in [3.8, 4) is 0 Å². The second kappa shape index (κ2) is 7.06. The second-order valence-corrected chi connectivity index (χ2v) is 7.65. The number of H-pyrrole nitrogens is 1. The molecule has 0 saturated carbocycles. The summed E-state index contributed by atoms with van der Waals surface area (Å²) in [4.78, 5) is 22.8. The number of carbonyl (C=O) groups excluding carboxylic acids is 1. The van der Waals surface area contributed by atoms with E-state index < -0.39 is 0 Å². The summed E-state index contributed by atoms with van der Waals surface area (Å²) in [5, 5.41) is 3.07. The number of likely N-dealkylation sites (tertiary alicyclic amines) is 1. The van der Waals surface area contributed by atoms with Crippen LogP contribution in [-0.4, -0.2) is 27.4 Å². The smallest absolute Gasteiger partial charge is 0.322 e. The van der Waals surface area contributed by atoms with Gasteiger partial charge in [-0.3, -0.25) is 0 Å². The Kier molecular flexibility index (Phi) is 4.60. The zero-order valence-corrected chi connectivity index (χ0v) is 16.1. The molecule has 1 aliphatic heterocycles. The standard InChI is InChI=1S/C22H26N4O/c1-14(2)21-24-18-11-10-16(13-19(18)25-21)23-22(27)26-12-6-9-20(26)17-8-5-4-7-15(17)3/h4-5,7-8,10-11,13-14,20H,6,9,12H2,1-3H3,(H,23,27)(H,24,25)/t20-/m1/s1. The van der Waals surface area contributed by atoms with Crippen molar-refractivity contribution in [2.75, 3.05) is 11.9 Å². The number of anilines is 1. The molecule has 5 nitrogen and oxygen atoms in total. The molecule has 0 spiro atoms. The van der Waals surface area contributed by atoms with Crippen molar-refractivity contribution in [2.24, 2.45) is 0 Å². The fraction of sp³-hybridized carbons (Fsp3) is 0.364. The normalized spacial score (nSPS) is 17.0. The summed E-state index contributed by atoms with van der Waals surface area (Å²) in [5.41, 5.74) is 5.16. The highest BCUT2D eigenvalue weighted by atomic mass is 16.2. The summed E-state index contributed by atoms with van der Waals surface area (Å²) in [6.07, 6.45) is 2.04. The van der Waals surface area contributed by atoms with Crippen molar-refractivity contribution in [1.82, 2.24) is 14.9 Å². The number of benzene rings is 2. The van der Waals surface area contributed by atoms with Crippen LogP contribution >= 0.6 is 0 Å². The molecular formula is C22H26N4O. The lowest BCUT2D eigenvalue weighted by atomic mass is 9.99. The molecule has 140 valence electrons. The number of rotatable bonds is 3. The zero-order chi connectivity index (χ0) is 19.0. The van der Waals surface area contributed by atoms with E-state index in [0.717, 1.165) is 41.9 Å². The van der Waals surface area contributed by atoms with E-state index in [4.69, 9.17) is 0 Å². The van der Waals surface area contributed by atoms with Crippen LogP contribution in [0.4, 0.5) is 10.5 Å².